The second kappa shape index (κ2) is 13.6. The Hall–Kier alpha value is -2.62. The van der Waals surface area contributed by atoms with E-state index < -0.39 is 11.6 Å². The molecule has 0 aliphatic carbocycles. The Morgan fingerprint density at radius 2 is 2.00 bits per heavy atom. The van der Waals surface area contributed by atoms with Crippen molar-refractivity contribution in [2.24, 2.45) is 4.99 Å². The number of benzene rings is 2. The lowest BCUT2D eigenvalue weighted by molar-refractivity contribution is -0.129. The SMILES string of the molecule is C=CC[C@]1(C(=O)NNCCCOC)N=C(c2ccc(OCCCO)cc2)O[C@H]1c1ccc(Cl)cc1Cl. The summed E-state index contributed by atoms with van der Waals surface area (Å²) in [4.78, 5) is 18.4. The van der Waals surface area contributed by atoms with Gasteiger partial charge >= 0.3 is 0 Å². The Bertz CT molecular complexity index is 1060. The first-order valence-corrected chi connectivity index (χ1v) is 12.4. The molecule has 10 heteroatoms. The third-order valence-corrected chi connectivity index (χ3v) is 6.15. The Morgan fingerprint density at radius 3 is 2.67 bits per heavy atom. The van der Waals surface area contributed by atoms with Gasteiger partial charge in [-0.15, -0.1) is 6.58 Å². The van der Waals surface area contributed by atoms with Gasteiger partial charge in [-0.1, -0.05) is 35.3 Å². The van der Waals surface area contributed by atoms with Gasteiger partial charge in [0.05, 0.1) is 6.61 Å². The van der Waals surface area contributed by atoms with Crippen molar-refractivity contribution in [3.63, 3.8) is 0 Å². The molecule has 36 heavy (non-hydrogen) atoms. The highest BCUT2D eigenvalue weighted by molar-refractivity contribution is 6.35. The maximum absolute atomic E-state index is 13.6. The highest BCUT2D eigenvalue weighted by Crippen LogP contribution is 2.45. The van der Waals surface area contributed by atoms with Gasteiger partial charge in [-0.3, -0.25) is 10.2 Å². The first-order chi connectivity index (χ1) is 17.4. The number of aliphatic imine (C=N–C) groups is 1. The van der Waals surface area contributed by atoms with Crippen molar-refractivity contribution < 1.29 is 24.1 Å². The molecule has 8 nitrogen and oxygen atoms in total. The highest BCUT2D eigenvalue weighted by Gasteiger charge is 2.53. The number of ether oxygens (including phenoxy) is 3. The van der Waals surface area contributed by atoms with Crippen molar-refractivity contribution >= 4 is 35.0 Å². The molecular weight excluding hydrogens is 505 g/mol. The monoisotopic (exact) mass is 535 g/mol. The average molecular weight is 536 g/mol. The van der Waals surface area contributed by atoms with E-state index in [0.717, 1.165) is 6.42 Å². The predicted molar refractivity (Wildman–Crippen MR) is 141 cm³/mol. The number of rotatable bonds is 14. The van der Waals surface area contributed by atoms with Gasteiger partial charge in [-0.2, -0.15) is 0 Å². The van der Waals surface area contributed by atoms with Gasteiger partial charge in [0.25, 0.3) is 5.91 Å². The summed E-state index contributed by atoms with van der Waals surface area (Å²) in [7, 11) is 1.62. The molecule has 2 aromatic carbocycles. The third-order valence-electron chi connectivity index (χ3n) is 5.58. The fourth-order valence-corrected chi connectivity index (χ4v) is 4.29. The van der Waals surface area contributed by atoms with Crippen LogP contribution in [0.1, 0.15) is 36.5 Å². The van der Waals surface area contributed by atoms with Crippen LogP contribution in [0, 0.1) is 0 Å². The molecule has 0 radical (unpaired) electrons. The molecule has 0 saturated heterocycles. The number of carbonyl (C=O) groups is 1. The number of aliphatic hydroxyl groups excluding tert-OH is 1. The second-order valence-corrected chi connectivity index (χ2v) is 9.02. The number of nitrogens with one attached hydrogen (secondary N) is 2. The Balaban J connectivity index is 1.94. The summed E-state index contributed by atoms with van der Waals surface area (Å²) in [6.45, 7) is 5.40. The van der Waals surface area contributed by atoms with Gasteiger partial charge < -0.3 is 19.3 Å². The van der Waals surface area contributed by atoms with E-state index in [0.29, 0.717) is 59.0 Å². The standard InChI is InChI=1S/C26H31Cl2N3O5/c1-3-12-26(25(33)31-29-13-4-15-34-2)23(21-11-8-19(27)17-22(21)28)36-24(30-26)18-6-9-20(10-7-18)35-16-5-14-32/h3,6-11,17,23,29,32H,1,4-5,12-16H2,2H3,(H,31,33)/t23-,26-/m0/s1. The maximum Gasteiger partial charge on any atom is 0.266 e. The van der Waals surface area contributed by atoms with E-state index in [2.05, 4.69) is 17.4 Å². The van der Waals surface area contributed by atoms with Crippen LogP contribution in [-0.2, 0) is 14.3 Å². The van der Waals surface area contributed by atoms with E-state index in [1.54, 1.807) is 55.7 Å². The van der Waals surface area contributed by atoms with Gasteiger partial charge in [0.2, 0.25) is 5.90 Å². The minimum atomic E-state index is -1.36. The first-order valence-electron chi connectivity index (χ1n) is 11.6. The number of hydrogen-bond donors (Lipinski definition) is 3. The zero-order valence-electron chi connectivity index (χ0n) is 20.1. The van der Waals surface area contributed by atoms with E-state index >= 15 is 0 Å². The summed E-state index contributed by atoms with van der Waals surface area (Å²) in [6, 6.07) is 12.2. The van der Waals surface area contributed by atoms with E-state index in [9.17, 15) is 4.79 Å². The number of carbonyl (C=O) groups excluding carboxylic acids is 1. The Kier molecular flexibility index (Phi) is 10.6. The molecule has 1 heterocycles. The summed E-state index contributed by atoms with van der Waals surface area (Å²) in [6.07, 6.45) is 2.27. The second-order valence-electron chi connectivity index (χ2n) is 8.17. The number of hydrogen-bond acceptors (Lipinski definition) is 7. The summed E-state index contributed by atoms with van der Waals surface area (Å²) in [5.41, 5.74) is 5.59. The molecule has 0 bridgehead atoms. The van der Waals surface area contributed by atoms with Gasteiger partial charge in [-0.05, 0) is 42.8 Å². The van der Waals surface area contributed by atoms with Crippen LogP contribution in [0.4, 0.5) is 0 Å². The molecule has 2 atom stereocenters. The molecular formula is C26H31Cl2N3O5. The number of hydrazine groups is 1. The van der Waals surface area contributed by atoms with Crippen molar-refractivity contribution in [2.75, 3.05) is 33.5 Å². The lowest BCUT2D eigenvalue weighted by Crippen LogP contribution is -2.52. The van der Waals surface area contributed by atoms with Crippen molar-refractivity contribution in [2.45, 2.75) is 30.9 Å². The molecule has 1 amide bonds. The number of aliphatic hydroxyl groups is 1. The third kappa shape index (κ3) is 6.78. The maximum atomic E-state index is 13.6. The van der Waals surface area contributed by atoms with Crippen LogP contribution in [0.2, 0.25) is 10.0 Å². The first kappa shape index (κ1) is 28.0. The largest absolute Gasteiger partial charge is 0.494 e. The number of methoxy groups -OCH3 is 1. The zero-order valence-corrected chi connectivity index (χ0v) is 21.6. The molecule has 0 spiro atoms. The molecule has 0 saturated carbocycles. The Labute approximate surface area is 221 Å². The number of nitrogens with zero attached hydrogens (tertiary/aromatic N) is 1. The van der Waals surface area contributed by atoms with E-state index in [4.69, 9.17) is 47.5 Å². The normalized spacial score (nSPS) is 18.9. The molecule has 3 rings (SSSR count). The molecule has 0 fully saturated rings. The molecule has 0 unspecified atom stereocenters. The molecule has 0 aromatic heterocycles. The van der Waals surface area contributed by atoms with Crippen LogP contribution in [0.3, 0.4) is 0 Å². The smallest absolute Gasteiger partial charge is 0.266 e. The van der Waals surface area contributed by atoms with Gasteiger partial charge in [-0.25, -0.2) is 10.4 Å². The van der Waals surface area contributed by atoms with Gasteiger partial charge in [0.1, 0.15) is 5.75 Å². The number of halogens is 2. The molecule has 1 aliphatic heterocycles. The summed E-state index contributed by atoms with van der Waals surface area (Å²) >= 11 is 12.7. The van der Waals surface area contributed by atoms with Crippen LogP contribution in [0.5, 0.6) is 5.75 Å². The lowest BCUT2D eigenvalue weighted by Gasteiger charge is -2.30. The molecule has 1 aliphatic rings. The van der Waals surface area contributed by atoms with E-state index in [1.807, 2.05) is 0 Å². The van der Waals surface area contributed by atoms with Crippen LogP contribution in [0.15, 0.2) is 60.1 Å². The number of amides is 1. The van der Waals surface area contributed by atoms with Crippen molar-refractivity contribution in [1.29, 1.82) is 0 Å². The van der Waals surface area contributed by atoms with Crippen LogP contribution in [0.25, 0.3) is 0 Å². The zero-order chi connectivity index (χ0) is 26.0. The molecule has 3 N–H and O–H groups in total. The summed E-state index contributed by atoms with van der Waals surface area (Å²) in [5.74, 6) is 0.567. The minimum absolute atomic E-state index is 0.0616. The summed E-state index contributed by atoms with van der Waals surface area (Å²) < 4.78 is 17.0. The van der Waals surface area contributed by atoms with Crippen LogP contribution in [-0.4, -0.2) is 55.9 Å². The quantitative estimate of drug-likeness (QED) is 0.190. The predicted octanol–water partition coefficient (Wildman–Crippen LogP) is 4.24. The van der Waals surface area contributed by atoms with Crippen molar-refractivity contribution in [3.05, 3.63) is 76.3 Å². The molecule has 2 aromatic rings. The fraction of sp³-hybridized carbons (Fsp3) is 0.385. The van der Waals surface area contributed by atoms with Crippen LogP contribution >= 0.6 is 23.2 Å². The Morgan fingerprint density at radius 1 is 1.22 bits per heavy atom. The van der Waals surface area contributed by atoms with Crippen molar-refractivity contribution in [1.82, 2.24) is 10.9 Å². The van der Waals surface area contributed by atoms with Gasteiger partial charge in [0.15, 0.2) is 11.6 Å². The van der Waals surface area contributed by atoms with E-state index in [-0.39, 0.29) is 18.9 Å². The minimum Gasteiger partial charge on any atom is -0.494 e. The topological polar surface area (TPSA) is 101 Å². The van der Waals surface area contributed by atoms with Gasteiger partial charge in [0, 0.05) is 60.9 Å². The van der Waals surface area contributed by atoms with E-state index in [1.165, 1.54) is 0 Å². The molecule has 194 valence electrons. The summed E-state index contributed by atoms with van der Waals surface area (Å²) in [5, 5.41) is 9.77. The average Bonchev–Trinajstić information content (AvgIpc) is 3.25. The lowest BCUT2D eigenvalue weighted by atomic mass is 9.84. The van der Waals surface area contributed by atoms with Crippen LogP contribution < -0.4 is 15.6 Å². The fourth-order valence-electron chi connectivity index (χ4n) is 3.78. The highest BCUT2D eigenvalue weighted by atomic mass is 35.5. The van der Waals surface area contributed by atoms with Crippen molar-refractivity contribution in [3.8, 4) is 5.75 Å².